The van der Waals surface area contributed by atoms with Crippen molar-refractivity contribution < 1.29 is 8.42 Å². The second-order valence-electron chi connectivity index (χ2n) is 5.50. The quantitative estimate of drug-likeness (QED) is 0.707. The van der Waals surface area contributed by atoms with Crippen LogP contribution >= 0.6 is 0 Å². The van der Waals surface area contributed by atoms with E-state index in [9.17, 15) is 8.42 Å². The van der Waals surface area contributed by atoms with E-state index in [1.807, 2.05) is 49.4 Å². The third kappa shape index (κ3) is 3.83. The molecule has 2 aromatic carbocycles. The average Bonchev–Trinajstić information content (AvgIpc) is 2.57. The van der Waals surface area contributed by atoms with Gasteiger partial charge in [0.25, 0.3) is 0 Å². The van der Waals surface area contributed by atoms with Gasteiger partial charge in [-0.3, -0.25) is 9.71 Å². The number of para-hydroxylation sites is 1. The van der Waals surface area contributed by atoms with E-state index in [2.05, 4.69) is 15.0 Å². The Balaban J connectivity index is 1.79. The molecule has 0 amide bonds. The fraction of sp³-hybridized carbons (Fsp3) is 0.167. The van der Waals surface area contributed by atoms with Gasteiger partial charge in [-0.15, -0.1) is 0 Å². The first-order valence-electron chi connectivity index (χ1n) is 7.79. The maximum atomic E-state index is 11.8. The summed E-state index contributed by atoms with van der Waals surface area (Å²) in [5.41, 5.74) is 3.23. The Morgan fingerprint density at radius 3 is 2.42 bits per heavy atom. The number of aromatic nitrogens is 1. The number of nitrogens with zero attached hydrogens (tertiary/aromatic N) is 1. The summed E-state index contributed by atoms with van der Waals surface area (Å²) in [7, 11) is -3.27. The van der Waals surface area contributed by atoms with Gasteiger partial charge in [-0.1, -0.05) is 25.1 Å². The lowest BCUT2D eigenvalue weighted by Gasteiger charge is -2.11. The number of anilines is 3. The summed E-state index contributed by atoms with van der Waals surface area (Å²) in [4.78, 5) is 4.41. The van der Waals surface area contributed by atoms with Gasteiger partial charge in [0.2, 0.25) is 10.0 Å². The Morgan fingerprint density at radius 2 is 1.67 bits per heavy atom. The molecular weight excluding hydrogens is 322 g/mol. The Kier molecular flexibility index (Phi) is 4.66. The molecule has 6 heteroatoms. The number of benzene rings is 2. The molecule has 0 atom stereocenters. The summed E-state index contributed by atoms with van der Waals surface area (Å²) in [6, 6.07) is 17.0. The molecule has 3 aromatic rings. The lowest BCUT2D eigenvalue weighted by atomic mass is 10.2. The van der Waals surface area contributed by atoms with Crippen molar-refractivity contribution in [3.63, 3.8) is 0 Å². The van der Waals surface area contributed by atoms with Crippen molar-refractivity contribution in [2.24, 2.45) is 0 Å². The second kappa shape index (κ2) is 6.88. The van der Waals surface area contributed by atoms with Crippen LogP contribution in [0.2, 0.25) is 0 Å². The Bertz CT molecular complexity index is 933. The zero-order chi connectivity index (χ0) is 17.0. The van der Waals surface area contributed by atoms with Crippen LogP contribution in [0.5, 0.6) is 0 Å². The number of rotatable bonds is 6. The van der Waals surface area contributed by atoms with Crippen LogP contribution in [0.3, 0.4) is 0 Å². The van der Waals surface area contributed by atoms with E-state index in [4.69, 9.17) is 0 Å². The molecule has 124 valence electrons. The Hall–Kier alpha value is -2.60. The smallest absolute Gasteiger partial charge is 0.232 e. The molecule has 0 fully saturated rings. The standard InChI is InChI=1S/C18H19N3O2S/c1-2-13-24(22,23)21-16-10-8-15(9-11-16)20-17-7-3-5-14-6-4-12-19-18(14)17/h3-12,20-21H,2,13H2,1H3. The molecule has 0 unspecified atom stereocenters. The van der Waals surface area contributed by atoms with Crippen LogP contribution in [-0.2, 0) is 10.0 Å². The van der Waals surface area contributed by atoms with Crippen molar-refractivity contribution in [1.82, 2.24) is 4.98 Å². The second-order valence-corrected chi connectivity index (χ2v) is 7.35. The fourth-order valence-corrected chi connectivity index (χ4v) is 3.62. The molecule has 2 N–H and O–H groups in total. The molecule has 0 radical (unpaired) electrons. The summed E-state index contributed by atoms with van der Waals surface area (Å²) < 4.78 is 26.1. The first kappa shape index (κ1) is 16.3. The monoisotopic (exact) mass is 341 g/mol. The highest BCUT2D eigenvalue weighted by Crippen LogP contribution is 2.25. The molecule has 0 saturated heterocycles. The van der Waals surface area contributed by atoms with Crippen LogP contribution in [0.4, 0.5) is 17.1 Å². The molecule has 0 bridgehead atoms. The molecule has 5 nitrogen and oxygen atoms in total. The molecule has 0 aliphatic carbocycles. The van der Waals surface area contributed by atoms with Crippen molar-refractivity contribution in [2.45, 2.75) is 13.3 Å². The van der Waals surface area contributed by atoms with Gasteiger partial charge in [0.05, 0.1) is 17.0 Å². The van der Waals surface area contributed by atoms with Gasteiger partial charge in [-0.25, -0.2) is 8.42 Å². The van der Waals surface area contributed by atoms with Crippen molar-refractivity contribution in [3.05, 3.63) is 60.8 Å². The zero-order valence-corrected chi connectivity index (χ0v) is 14.2. The molecule has 1 aromatic heterocycles. The minimum atomic E-state index is -3.27. The van der Waals surface area contributed by atoms with Crippen LogP contribution in [0.25, 0.3) is 10.9 Å². The highest BCUT2D eigenvalue weighted by Gasteiger charge is 2.08. The Morgan fingerprint density at radius 1 is 0.958 bits per heavy atom. The van der Waals surface area contributed by atoms with Gasteiger partial charge in [0.1, 0.15) is 0 Å². The van der Waals surface area contributed by atoms with Gasteiger partial charge in [0.15, 0.2) is 0 Å². The van der Waals surface area contributed by atoms with E-state index >= 15 is 0 Å². The summed E-state index contributed by atoms with van der Waals surface area (Å²) in [6.07, 6.45) is 2.35. The molecule has 24 heavy (non-hydrogen) atoms. The number of hydrogen-bond acceptors (Lipinski definition) is 4. The molecule has 3 rings (SSSR count). The van der Waals surface area contributed by atoms with Crippen molar-refractivity contribution in [2.75, 3.05) is 15.8 Å². The maximum Gasteiger partial charge on any atom is 0.232 e. The Labute approximate surface area is 141 Å². The predicted octanol–water partition coefficient (Wildman–Crippen LogP) is 4.13. The summed E-state index contributed by atoms with van der Waals surface area (Å²) in [6.45, 7) is 1.84. The van der Waals surface area contributed by atoms with Crippen molar-refractivity contribution >= 4 is 38.0 Å². The van der Waals surface area contributed by atoms with E-state index in [1.165, 1.54) is 0 Å². The topological polar surface area (TPSA) is 71.1 Å². The third-order valence-corrected chi connectivity index (χ3v) is 5.04. The van der Waals surface area contributed by atoms with E-state index < -0.39 is 10.0 Å². The largest absolute Gasteiger partial charge is 0.354 e. The molecule has 1 heterocycles. The maximum absolute atomic E-state index is 11.8. The van der Waals surface area contributed by atoms with Gasteiger partial charge in [0, 0.05) is 23.0 Å². The normalized spacial score (nSPS) is 11.4. The van der Waals surface area contributed by atoms with E-state index in [-0.39, 0.29) is 5.75 Å². The molecular formula is C18H19N3O2S. The first-order valence-corrected chi connectivity index (χ1v) is 9.44. The minimum Gasteiger partial charge on any atom is -0.354 e. The predicted molar refractivity (Wildman–Crippen MR) is 99.2 cm³/mol. The first-order chi connectivity index (χ1) is 11.6. The van der Waals surface area contributed by atoms with Crippen LogP contribution in [0.15, 0.2) is 60.8 Å². The number of hydrogen-bond donors (Lipinski definition) is 2. The number of sulfonamides is 1. The van der Waals surface area contributed by atoms with Gasteiger partial charge >= 0.3 is 0 Å². The fourth-order valence-electron chi connectivity index (χ4n) is 2.48. The molecule has 0 spiro atoms. The average molecular weight is 341 g/mol. The molecule has 0 aliphatic rings. The number of nitrogens with one attached hydrogen (secondary N) is 2. The van der Waals surface area contributed by atoms with Crippen molar-refractivity contribution in [1.29, 1.82) is 0 Å². The summed E-state index contributed by atoms with van der Waals surface area (Å²) >= 11 is 0. The van der Waals surface area contributed by atoms with Gasteiger partial charge in [-0.05, 0) is 42.8 Å². The highest BCUT2D eigenvalue weighted by atomic mass is 32.2. The third-order valence-electron chi connectivity index (χ3n) is 3.54. The lowest BCUT2D eigenvalue weighted by molar-refractivity contribution is 0.600. The number of fused-ring (bicyclic) bond motifs is 1. The van der Waals surface area contributed by atoms with Gasteiger partial charge < -0.3 is 5.32 Å². The van der Waals surface area contributed by atoms with Crippen LogP contribution < -0.4 is 10.0 Å². The van der Waals surface area contributed by atoms with Crippen LogP contribution in [-0.4, -0.2) is 19.2 Å². The van der Waals surface area contributed by atoms with Crippen LogP contribution in [0, 0.1) is 0 Å². The van der Waals surface area contributed by atoms with Gasteiger partial charge in [-0.2, -0.15) is 0 Å². The van der Waals surface area contributed by atoms with Crippen molar-refractivity contribution in [3.8, 4) is 0 Å². The lowest BCUT2D eigenvalue weighted by Crippen LogP contribution is -2.15. The molecule has 0 saturated carbocycles. The minimum absolute atomic E-state index is 0.120. The number of pyridine rings is 1. The SMILES string of the molecule is CCCS(=O)(=O)Nc1ccc(Nc2cccc3cccnc23)cc1. The van der Waals surface area contributed by atoms with E-state index in [1.54, 1.807) is 18.3 Å². The van der Waals surface area contributed by atoms with E-state index in [0.29, 0.717) is 12.1 Å². The van der Waals surface area contributed by atoms with Crippen LogP contribution in [0.1, 0.15) is 13.3 Å². The van der Waals surface area contributed by atoms with E-state index in [0.717, 1.165) is 22.3 Å². The zero-order valence-electron chi connectivity index (χ0n) is 13.4. The summed E-state index contributed by atoms with van der Waals surface area (Å²) in [5, 5.41) is 4.38. The molecule has 0 aliphatic heterocycles. The summed E-state index contributed by atoms with van der Waals surface area (Å²) in [5.74, 6) is 0.120. The highest BCUT2D eigenvalue weighted by molar-refractivity contribution is 7.92.